The van der Waals surface area contributed by atoms with Gasteiger partial charge in [0.2, 0.25) is 5.91 Å². The van der Waals surface area contributed by atoms with Gasteiger partial charge in [-0.25, -0.2) is 9.18 Å². The van der Waals surface area contributed by atoms with Crippen LogP contribution < -0.4 is 10.6 Å². The third-order valence-electron chi connectivity index (χ3n) is 4.67. The van der Waals surface area contributed by atoms with Crippen LogP contribution in [0.4, 0.5) is 14.9 Å². The second-order valence-corrected chi connectivity index (χ2v) is 7.88. The standard InChI is InChI=1S/C23H31FN4O2/c1-17(2)21(26-23(30)25-20-12-10-19(24)11-13-20)22(29)28(15-14-27(3)4)16-18-8-6-5-7-9-18/h5-13,17,21H,14-16H2,1-4H3,(H2,25,26,30). The predicted octanol–water partition coefficient (Wildman–Crippen LogP) is 3.56. The molecule has 0 aliphatic rings. The lowest BCUT2D eigenvalue weighted by Gasteiger charge is -2.31. The predicted molar refractivity (Wildman–Crippen MR) is 118 cm³/mol. The van der Waals surface area contributed by atoms with Gasteiger partial charge in [0.25, 0.3) is 0 Å². The number of hydrogen-bond donors (Lipinski definition) is 2. The first kappa shape index (κ1) is 23.3. The Kier molecular flexibility index (Phi) is 8.80. The van der Waals surface area contributed by atoms with Crippen molar-refractivity contribution in [2.75, 3.05) is 32.5 Å². The van der Waals surface area contributed by atoms with Crippen LogP contribution in [0, 0.1) is 11.7 Å². The Morgan fingerprint density at radius 2 is 1.60 bits per heavy atom. The van der Waals surface area contributed by atoms with Gasteiger partial charge in [-0.05, 0) is 49.8 Å². The molecule has 0 aromatic heterocycles. The molecule has 1 atom stereocenters. The minimum atomic E-state index is -0.684. The van der Waals surface area contributed by atoms with Crippen molar-refractivity contribution >= 4 is 17.6 Å². The van der Waals surface area contributed by atoms with Gasteiger partial charge in [0.15, 0.2) is 0 Å². The number of halogens is 1. The average molecular weight is 415 g/mol. The van der Waals surface area contributed by atoms with E-state index in [0.717, 1.165) is 5.56 Å². The number of benzene rings is 2. The molecule has 2 rings (SSSR count). The second kappa shape index (κ2) is 11.3. The maximum atomic E-state index is 13.3. The number of carbonyl (C=O) groups is 2. The number of carbonyl (C=O) groups excluding carboxylic acids is 2. The van der Waals surface area contributed by atoms with Crippen molar-refractivity contribution in [2.45, 2.75) is 26.4 Å². The minimum absolute atomic E-state index is 0.103. The molecule has 3 amide bonds. The summed E-state index contributed by atoms with van der Waals surface area (Å²) >= 11 is 0. The van der Waals surface area contributed by atoms with Crippen LogP contribution in [0.5, 0.6) is 0 Å². The Labute approximate surface area is 178 Å². The highest BCUT2D eigenvalue weighted by Crippen LogP contribution is 2.13. The van der Waals surface area contributed by atoms with E-state index in [9.17, 15) is 14.0 Å². The summed E-state index contributed by atoms with van der Waals surface area (Å²) in [4.78, 5) is 29.6. The third-order valence-corrected chi connectivity index (χ3v) is 4.67. The van der Waals surface area contributed by atoms with Gasteiger partial charge in [0.1, 0.15) is 11.9 Å². The van der Waals surface area contributed by atoms with Gasteiger partial charge in [0, 0.05) is 25.3 Å². The molecule has 0 spiro atoms. The van der Waals surface area contributed by atoms with E-state index in [0.29, 0.717) is 25.3 Å². The first-order valence-corrected chi connectivity index (χ1v) is 10.1. The van der Waals surface area contributed by atoms with E-state index in [1.807, 2.05) is 63.2 Å². The Morgan fingerprint density at radius 1 is 0.967 bits per heavy atom. The number of nitrogens with zero attached hydrogens (tertiary/aromatic N) is 2. The van der Waals surface area contributed by atoms with E-state index in [4.69, 9.17) is 0 Å². The smallest absolute Gasteiger partial charge is 0.319 e. The molecule has 6 nitrogen and oxygen atoms in total. The highest BCUT2D eigenvalue weighted by Gasteiger charge is 2.28. The largest absolute Gasteiger partial charge is 0.335 e. The molecule has 0 fully saturated rings. The van der Waals surface area contributed by atoms with Crippen molar-refractivity contribution in [3.8, 4) is 0 Å². The van der Waals surface area contributed by atoms with E-state index in [2.05, 4.69) is 10.6 Å². The first-order chi connectivity index (χ1) is 14.3. The Balaban J connectivity index is 2.11. The summed E-state index contributed by atoms with van der Waals surface area (Å²) in [6.07, 6.45) is 0. The average Bonchev–Trinajstić information content (AvgIpc) is 2.71. The molecule has 0 bridgehead atoms. The van der Waals surface area contributed by atoms with E-state index >= 15 is 0 Å². The quantitative estimate of drug-likeness (QED) is 0.659. The van der Waals surface area contributed by atoms with Gasteiger partial charge in [0.05, 0.1) is 0 Å². The fourth-order valence-corrected chi connectivity index (χ4v) is 2.94. The number of anilines is 1. The second-order valence-electron chi connectivity index (χ2n) is 7.88. The van der Waals surface area contributed by atoms with Gasteiger partial charge in [-0.3, -0.25) is 4.79 Å². The molecule has 2 aromatic rings. The lowest BCUT2D eigenvalue weighted by molar-refractivity contribution is -0.135. The van der Waals surface area contributed by atoms with Crippen molar-refractivity contribution in [1.29, 1.82) is 0 Å². The summed E-state index contributed by atoms with van der Waals surface area (Å²) in [7, 11) is 3.92. The molecular weight excluding hydrogens is 383 g/mol. The summed E-state index contributed by atoms with van der Waals surface area (Å²) in [6, 6.07) is 14.1. The van der Waals surface area contributed by atoms with Crippen molar-refractivity contribution < 1.29 is 14.0 Å². The van der Waals surface area contributed by atoms with Gasteiger partial charge in [-0.15, -0.1) is 0 Å². The summed E-state index contributed by atoms with van der Waals surface area (Å²) in [5.41, 5.74) is 1.49. The maximum Gasteiger partial charge on any atom is 0.319 e. The van der Waals surface area contributed by atoms with E-state index in [1.165, 1.54) is 24.3 Å². The van der Waals surface area contributed by atoms with Gasteiger partial charge < -0.3 is 20.4 Å². The molecular formula is C23H31FN4O2. The van der Waals surface area contributed by atoms with Crippen LogP contribution in [0.25, 0.3) is 0 Å². The number of hydrogen-bond acceptors (Lipinski definition) is 3. The minimum Gasteiger partial charge on any atom is -0.335 e. The lowest BCUT2D eigenvalue weighted by Crippen LogP contribution is -2.53. The van der Waals surface area contributed by atoms with Crippen LogP contribution >= 0.6 is 0 Å². The fraction of sp³-hybridized carbons (Fsp3) is 0.391. The normalized spacial score (nSPS) is 12.0. The molecule has 2 N–H and O–H groups in total. The van der Waals surface area contributed by atoms with Crippen molar-refractivity contribution in [3.63, 3.8) is 0 Å². The van der Waals surface area contributed by atoms with Gasteiger partial charge >= 0.3 is 6.03 Å². The number of amides is 3. The summed E-state index contributed by atoms with van der Waals surface area (Å²) in [5, 5.41) is 5.44. The Morgan fingerprint density at radius 3 is 2.17 bits per heavy atom. The molecule has 0 heterocycles. The molecule has 2 aromatic carbocycles. The maximum absolute atomic E-state index is 13.3. The van der Waals surface area contributed by atoms with Gasteiger partial charge in [-0.1, -0.05) is 44.2 Å². The molecule has 0 saturated heterocycles. The van der Waals surface area contributed by atoms with Crippen LogP contribution in [0.3, 0.4) is 0 Å². The zero-order valence-electron chi connectivity index (χ0n) is 18.1. The third kappa shape index (κ3) is 7.48. The molecule has 30 heavy (non-hydrogen) atoms. The first-order valence-electron chi connectivity index (χ1n) is 10.1. The molecule has 162 valence electrons. The summed E-state index contributed by atoms with van der Waals surface area (Å²) in [5.74, 6) is -0.618. The van der Waals surface area contributed by atoms with E-state index in [1.54, 1.807) is 4.90 Å². The van der Waals surface area contributed by atoms with E-state index in [-0.39, 0.29) is 17.6 Å². The number of likely N-dealkylation sites (N-methyl/N-ethyl adjacent to an activating group) is 1. The van der Waals surface area contributed by atoms with Crippen LogP contribution in [-0.2, 0) is 11.3 Å². The lowest BCUT2D eigenvalue weighted by atomic mass is 10.0. The molecule has 0 radical (unpaired) electrons. The van der Waals surface area contributed by atoms with Crippen molar-refractivity contribution in [2.24, 2.45) is 5.92 Å². The Bertz CT molecular complexity index is 810. The molecule has 0 aliphatic heterocycles. The monoisotopic (exact) mass is 414 g/mol. The number of urea groups is 1. The summed E-state index contributed by atoms with van der Waals surface area (Å²) < 4.78 is 13.1. The number of nitrogens with one attached hydrogen (secondary N) is 2. The van der Waals surface area contributed by atoms with Crippen molar-refractivity contribution in [1.82, 2.24) is 15.1 Å². The van der Waals surface area contributed by atoms with Crippen LogP contribution in [0.1, 0.15) is 19.4 Å². The Hall–Kier alpha value is -2.93. The molecule has 0 aliphatic carbocycles. The highest BCUT2D eigenvalue weighted by atomic mass is 19.1. The molecule has 0 saturated carbocycles. The van der Waals surface area contributed by atoms with E-state index < -0.39 is 12.1 Å². The molecule has 1 unspecified atom stereocenters. The SMILES string of the molecule is CC(C)C(NC(=O)Nc1ccc(F)cc1)C(=O)N(CCN(C)C)Cc1ccccc1. The zero-order chi connectivity index (χ0) is 22.1. The van der Waals surface area contributed by atoms with Crippen LogP contribution in [-0.4, -0.2) is 55.0 Å². The summed E-state index contributed by atoms with van der Waals surface area (Å²) in [6.45, 7) is 5.52. The zero-order valence-corrected chi connectivity index (χ0v) is 18.1. The van der Waals surface area contributed by atoms with Crippen LogP contribution in [0.15, 0.2) is 54.6 Å². The van der Waals surface area contributed by atoms with Gasteiger partial charge in [-0.2, -0.15) is 0 Å². The fourth-order valence-electron chi connectivity index (χ4n) is 2.94. The highest BCUT2D eigenvalue weighted by molar-refractivity contribution is 5.93. The van der Waals surface area contributed by atoms with Crippen LogP contribution in [0.2, 0.25) is 0 Å². The topological polar surface area (TPSA) is 64.7 Å². The number of rotatable bonds is 9. The van der Waals surface area contributed by atoms with Crippen molar-refractivity contribution in [3.05, 3.63) is 66.0 Å². The molecule has 7 heteroatoms.